The van der Waals surface area contributed by atoms with E-state index in [1.54, 1.807) is 52.8 Å². The van der Waals surface area contributed by atoms with E-state index < -0.39 is 82.9 Å². The molecule has 0 saturated heterocycles. The van der Waals surface area contributed by atoms with Gasteiger partial charge < -0.3 is 39.6 Å². The number of aliphatic hydroxyl groups excluding tert-OH is 2. The first-order valence-electron chi connectivity index (χ1n) is 16.5. The molecule has 0 radical (unpaired) electrons. The van der Waals surface area contributed by atoms with E-state index in [1.165, 1.54) is 40.2 Å². The summed E-state index contributed by atoms with van der Waals surface area (Å²) in [5.41, 5.74) is -0.0106. The third-order valence-corrected chi connectivity index (χ3v) is 9.96. The minimum Gasteiger partial charge on any atom is -0.507 e. The second-order valence-electron chi connectivity index (χ2n) is 13.5. The zero-order chi connectivity index (χ0) is 37.4. The number of ketones is 3. The number of rotatable bonds is 2. The Bertz CT molecular complexity index is 1720. The molecule has 0 amide bonds. The number of hydrogen-bond donors (Lipinski definition) is 4. The molecule has 4 N–H and O–H groups in total. The number of aliphatic hydroxyl groups is 2. The summed E-state index contributed by atoms with van der Waals surface area (Å²) in [5, 5.41) is 36.6. The van der Waals surface area contributed by atoms with E-state index in [9.17, 15) is 34.5 Å². The fourth-order valence-electron chi connectivity index (χ4n) is 6.69. The lowest BCUT2D eigenvalue weighted by molar-refractivity contribution is -0.160. The molecule has 0 spiro atoms. The standard InChI is InChI=1S/C38H47NO11/c1-17-12-11-13-18(2)31(42)20(4)32(43)21(5)35(49-24(8)40)19(3)27(47-10)14-15-48-38(9)37(46)30-28-26(41)16-25(39-23(17)7)34(45)29(28)33(44)22(6)36(30)50-38/h11-16,18-21,27,31-32,35,39,42-44H,7H2,1-6,8-10H3/b13-11+,15-14+,17-12-/t18-,19+,20+,21+,27-,31-,32+,35+,38-/m0/s1. The minimum absolute atomic E-state index is 0.0714. The molecule has 3 heterocycles. The Hall–Kier alpha value is -4.52. The lowest BCUT2D eigenvalue weighted by Crippen LogP contribution is -2.46. The first-order chi connectivity index (χ1) is 23.4. The molecule has 9 atom stereocenters. The van der Waals surface area contributed by atoms with E-state index in [0.717, 1.165) is 6.08 Å². The number of fused-ring (bicyclic) bond motifs is 14. The van der Waals surface area contributed by atoms with Crippen LogP contribution in [0.25, 0.3) is 0 Å². The van der Waals surface area contributed by atoms with E-state index in [-0.39, 0.29) is 39.4 Å². The van der Waals surface area contributed by atoms with E-state index in [4.69, 9.17) is 18.9 Å². The van der Waals surface area contributed by atoms with Gasteiger partial charge in [0, 0.05) is 62.0 Å². The average Bonchev–Trinajstić information content (AvgIpc) is 3.33. The van der Waals surface area contributed by atoms with Crippen molar-refractivity contribution in [2.75, 3.05) is 7.11 Å². The smallest absolute Gasteiger partial charge is 0.312 e. The Morgan fingerprint density at radius 3 is 2.26 bits per heavy atom. The first kappa shape index (κ1) is 38.3. The molecule has 12 heteroatoms. The molecule has 0 aromatic heterocycles. The van der Waals surface area contributed by atoms with E-state index in [0.29, 0.717) is 5.57 Å². The summed E-state index contributed by atoms with van der Waals surface area (Å²) in [6.07, 6.45) is 5.20. The number of esters is 1. The van der Waals surface area contributed by atoms with Gasteiger partial charge in [0.05, 0.1) is 47.0 Å². The number of nitrogens with one attached hydrogen (secondary N) is 1. The number of methoxy groups -OCH3 is 1. The van der Waals surface area contributed by atoms with Gasteiger partial charge in [-0.2, -0.15) is 0 Å². The molecule has 270 valence electrons. The number of benzene rings is 1. The maximum atomic E-state index is 13.9. The fourth-order valence-corrected chi connectivity index (χ4v) is 6.69. The van der Waals surface area contributed by atoms with Crippen molar-refractivity contribution in [3.8, 4) is 11.5 Å². The molecule has 5 bridgehead atoms. The van der Waals surface area contributed by atoms with Crippen molar-refractivity contribution in [2.45, 2.75) is 85.6 Å². The molecular weight excluding hydrogens is 646 g/mol. The molecular formula is C38H47NO11. The lowest BCUT2D eigenvalue weighted by atomic mass is 9.78. The molecule has 12 nitrogen and oxygen atoms in total. The van der Waals surface area contributed by atoms with Crippen molar-refractivity contribution in [2.24, 2.45) is 23.7 Å². The topological polar surface area (TPSA) is 178 Å². The van der Waals surface area contributed by atoms with Crippen LogP contribution in [0.15, 0.2) is 60.2 Å². The first-order valence-corrected chi connectivity index (χ1v) is 16.5. The Morgan fingerprint density at radius 1 is 0.980 bits per heavy atom. The maximum absolute atomic E-state index is 13.9. The third kappa shape index (κ3) is 7.05. The Labute approximate surface area is 292 Å². The SMILES string of the molecule is C=C1NC2=CC(=O)c3c(c(O)c(C)c4c3C(=O)[C@@](C)(O/C=C/[C@H](OC)[C@@H](C)[C@@H](OC(C)=O)[C@H](C)[C@H](O)[C@H](C)[C@@H](O)[C@@H](C)/C=C/C=C\1C)O4)C2=O. The number of ether oxygens (including phenoxy) is 4. The van der Waals surface area contributed by atoms with Gasteiger partial charge in [-0.25, -0.2) is 0 Å². The highest BCUT2D eigenvalue weighted by molar-refractivity contribution is 6.30. The summed E-state index contributed by atoms with van der Waals surface area (Å²) < 4.78 is 23.2. The zero-order valence-electron chi connectivity index (χ0n) is 29.9. The van der Waals surface area contributed by atoms with Crippen molar-refractivity contribution in [1.29, 1.82) is 0 Å². The van der Waals surface area contributed by atoms with Crippen molar-refractivity contribution >= 4 is 23.3 Å². The predicted octanol–water partition coefficient (Wildman–Crippen LogP) is 4.62. The second kappa shape index (κ2) is 14.8. The van der Waals surface area contributed by atoms with Crippen molar-refractivity contribution in [3.63, 3.8) is 0 Å². The van der Waals surface area contributed by atoms with Gasteiger partial charge in [0.15, 0.2) is 5.78 Å². The normalized spacial score (nSPS) is 34.5. The Morgan fingerprint density at radius 2 is 1.64 bits per heavy atom. The summed E-state index contributed by atoms with van der Waals surface area (Å²) in [4.78, 5) is 53.4. The Kier molecular flexibility index (Phi) is 11.3. The van der Waals surface area contributed by atoms with Crippen LogP contribution in [-0.2, 0) is 19.0 Å². The molecule has 0 unspecified atom stereocenters. The highest BCUT2D eigenvalue weighted by Crippen LogP contribution is 2.48. The monoisotopic (exact) mass is 693 g/mol. The lowest BCUT2D eigenvalue weighted by Gasteiger charge is -2.38. The molecule has 50 heavy (non-hydrogen) atoms. The number of aromatic hydroxyl groups is 1. The summed E-state index contributed by atoms with van der Waals surface area (Å²) >= 11 is 0. The van der Waals surface area contributed by atoms with Crippen LogP contribution in [0.3, 0.4) is 0 Å². The van der Waals surface area contributed by atoms with Crippen molar-refractivity contribution in [3.05, 3.63) is 82.4 Å². The van der Waals surface area contributed by atoms with Crippen molar-refractivity contribution in [1.82, 2.24) is 5.32 Å². The number of carbonyl (C=O) groups is 4. The van der Waals surface area contributed by atoms with Crippen LogP contribution in [0.4, 0.5) is 0 Å². The van der Waals surface area contributed by atoms with Gasteiger partial charge in [0.2, 0.25) is 5.78 Å². The van der Waals surface area contributed by atoms with Gasteiger partial charge in [0.25, 0.3) is 5.78 Å². The number of carbonyl (C=O) groups excluding carboxylic acids is 4. The molecule has 5 rings (SSSR count). The van der Waals surface area contributed by atoms with Gasteiger partial charge in [0.1, 0.15) is 17.6 Å². The molecule has 4 aliphatic rings. The molecule has 1 aromatic carbocycles. The summed E-state index contributed by atoms with van der Waals surface area (Å²) in [5.74, 6) is -7.58. The third-order valence-electron chi connectivity index (χ3n) is 9.96. The van der Waals surface area contributed by atoms with Crippen LogP contribution in [0.5, 0.6) is 11.5 Å². The Balaban J connectivity index is 1.83. The maximum Gasteiger partial charge on any atom is 0.312 e. The van der Waals surface area contributed by atoms with E-state index in [1.807, 2.05) is 0 Å². The molecule has 0 saturated carbocycles. The second-order valence-corrected chi connectivity index (χ2v) is 13.5. The van der Waals surface area contributed by atoms with Crippen LogP contribution in [0, 0.1) is 30.6 Å². The van der Waals surface area contributed by atoms with Crippen LogP contribution < -0.4 is 10.1 Å². The number of phenolic OH excluding ortho intramolecular Hbond substituents is 1. The largest absolute Gasteiger partial charge is 0.507 e. The van der Waals surface area contributed by atoms with Gasteiger partial charge >= 0.3 is 11.8 Å². The highest BCUT2D eigenvalue weighted by atomic mass is 16.7. The van der Waals surface area contributed by atoms with E-state index >= 15 is 0 Å². The van der Waals surface area contributed by atoms with Gasteiger partial charge in [-0.3, -0.25) is 19.2 Å². The zero-order valence-corrected chi connectivity index (χ0v) is 29.9. The number of allylic oxidation sites excluding steroid dienone is 5. The van der Waals surface area contributed by atoms with Crippen LogP contribution >= 0.6 is 0 Å². The molecule has 1 aromatic rings. The van der Waals surface area contributed by atoms with Gasteiger partial charge in [-0.15, -0.1) is 0 Å². The number of Topliss-reactive ketones (excluding diaryl/α,β-unsaturated/α-hetero) is 2. The van der Waals surface area contributed by atoms with Crippen LogP contribution in [0.1, 0.15) is 85.1 Å². The van der Waals surface area contributed by atoms with Crippen molar-refractivity contribution < 1.29 is 53.4 Å². The highest BCUT2D eigenvalue weighted by Gasteiger charge is 2.51. The van der Waals surface area contributed by atoms with Crippen LogP contribution in [-0.4, -0.2) is 76.0 Å². The summed E-state index contributed by atoms with van der Waals surface area (Å²) in [6.45, 7) is 16.8. The van der Waals surface area contributed by atoms with Crippen LogP contribution in [0.2, 0.25) is 0 Å². The minimum atomic E-state index is -1.99. The molecule has 0 fully saturated rings. The summed E-state index contributed by atoms with van der Waals surface area (Å²) in [7, 11) is 1.44. The number of phenols is 1. The predicted molar refractivity (Wildman–Crippen MR) is 183 cm³/mol. The number of hydrogen-bond acceptors (Lipinski definition) is 12. The van der Waals surface area contributed by atoms with Gasteiger partial charge in [-0.05, 0) is 25.5 Å². The summed E-state index contributed by atoms with van der Waals surface area (Å²) in [6, 6.07) is 0. The fraction of sp³-hybridized carbons (Fsp3) is 0.474. The molecule has 1 aliphatic carbocycles. The quantitative estimate of drug-likeness (QED) is 0.317. The molecule has 3 aliphatic heterocycles. The average molecular weight is 694 g/mol. The van der Waals surface area contributed by atoms with Gasteiger partial charge in [-0.1, -0.05) is 52.5 Å². The van der Waals surface area contributed by atoms with E-state index in [2.05, 4.69) is 11.9 Å².